The molecule has 1 N–H and O–H groups in total. The average Bonchev–Trinajstić information content (AvgIpc) is 2.52. The van der Waals surface area contributed by atoms with Crippen molar-refractivity contribution in [3.05, 3.63) is 64.7 Å². The summed E-state index contributed by atoms with van der Waals surface area (Å²) in [7, 11) is 1.66. The molecule has 0 atom stereocenters. The van der Waals surface area contributed by atoms with E-state index < -0.39 is 0 Å². The average molecular weight is 318 g/mol. The molecule has 2 aromatic carbocycles. The fourth-order valence-corrected chi connectivity index (χ4v) is 2.46. The van der Waals surface area contributed by atoms with Gasteiger partial charge in [0.15, 0.2) is 0 Å². The third kappa shape index (κ3) is 5.41. The van der Waals surface area contributed by atoms with Gasteiger partial charge in [0, 0.05) is 11.6 Å². The van der Waals surface area contributed by atoms with Gasteiger partial charge in [0.2, 0.25) is 5.91 Å². The van der Waals surface area contributed by atoms with E-state index in [1.165, 1.54) is 5.56 Å². The van der Waals surface area contributed by atoms with Crippen molar-refractivity contribution in [1.29, 1.82) is 0 Å². The minimum Gasteiger partial charge on any atom is -0.497 e. The molecule has 0 aliphatic carbocycles. The fourth-order valence-electron chi connectivity index (χ4n) is 2.24. The van der Waals surface area contributed by atoms with Crippen molar-refractivity contribution in [3.63, 3.8) is 0 Å². The number of halogens is 1. The third-order valence-corrected chi connectivity index (χ3v) is 3.59. The van der Waals surface area contributed by atoms with Gasteiger partial charge in [-0.05, 0) is 48.2 Å². The zero-order chi connectivity index (χ0) is 15.8. The Balaban J connectivity index is 1.70. The number of aryl methyl sites for hydroxylation is 1. The van der Waals surface area contributed by atoms with Crippen LogP contribution < -0.4 is 10.1 Å². The highest BCUT2D eigenvalue weighted by Crippen LogP contribution is 2.14. The van der Waals surface area contributed by atoms with Gasteiger partial charge in [-0.25, -0.2) is 0 Å². The summed E-state index contributed by atoms with van der Waals surface area (Å²) in [5.41, 5.74) is 2.14. The molecule has 0 unspecified atom stereocenters. The van der Waals surface area contributed by atoms with Crippen molar-refractivity contribution < 1.29 is 9.53 Å². The summed E-state index contributed by atoms with van der Waals surface area (Å²) in [5, 5.41) is 3.59. The molecule has 0 aliphatic heterocycles. The smallest absolute Gasteiger partial charge is 0.224 e. The number of rotatable bonds is 7. The lowest BCUT2D eigenvalue weighted by atomic mass is 10.1. The molecule has 0 bridgehead atoms. The molecule has 0 saturated carbocycles. The first-order valence-electron chi connectivity index (χ1n) is 7.31. The van der Waals surface area contributed by atoms with Crippen molar-refractivity contribution in [1.82, 2.24) is 5.32 Å². The van der Waals surface area contributed by atoms with Gasteiger partial charge in [0.25, 0.3) is 0 Å². The first kappa shape index (κ1) is 16.4. The van der Waals surface area contributed by atoms with E-state index in [4.69, 9.17) is 16.3 Å². The Morgan fingerprint density at radius 2 is 1.91 bits per heavy atom. The quantitative estimate of drug-likeness (QED) is 0.792. The van der Waals surface area contributed by atoms with E-state index >= 15 is 0 Å². The van der Waals surface area contributed by atoms with Crippen LogP contribution in [-0.4, -0.2) is 19.6 Å². The second-order valence-corrected chi connectivity index (χ2v) is 5.55. The van der Waals surface area contributed by atoms with E-state index in [0.717, 1.165) is 24.2 Å². The standard InChI is InChI=1S/C18H20ClNO2/c1-22-17-9-3-5-14(12-17)7-4-10-20-18(21)13-15-6-2-8-16(19)11-15/h2-3,5-6,8-9,11-12H,4,7,10,13H2,1H3,(H,20,21). The number of carbonyl (C=O) groups is 1. The molecule has 0 aromatic heterocycles. The Morgan fingerprint density at radius 1 is 1.14 bits per heavy atom. The van der Waals surface area contributed by atoms with Crippen LogP contribution >= 0.6 is 11.6 Å². The normalized spacial score (nSPS) is 10.3. The number of nitrogens with one attached hydrogen (secondary N) is 1. The number of hydrogen-bond acceptors (Lipinski definition) is 2. The van der Waals surface area contributed by atoms with E-state index in [1.54, 1.807) is 13.2 Å². The maximum absolute atomic E-state index is 11.9. The van der Waals surface area contributed by atoms with Crippen molar-refractivity contribution in [2.24, 2.45) is 0 Å². The molecule has 116 valence electrons. The van der Waals surface area contributed by atoms with Crippen LogP contribution in [0.1, 0.15) is 17.5 Å². The molecule has 0 saturated heterocycles. The Bertz CT molecular complexity index is 628. The van der Waals surface area contributed by atoms with E-state index in [1.807, 2.05) is 36.4 Å². The maximum atomic E-state index is 11.9. The summed E-state index contributed by atoms with van der Waals surface area (Å²) in [5.74, 6) is 0.885. The van der Waals surface area contributed by atoms with Crippen LogP contribution in [0.25, 0.3) is 0 Å². The van der Waals surface area contributed by atoms with Crippen LogP contribution in [0.5, 0.6) is 5.75 Å². The summed E-state index contributed by atoms with van der Waals surface area (Å²) in [4.78, 5) is 11.9. The lowest BCUT2D eigenvalue weighted by Crippen LogP contribution is -2.26. The molecule has 1 amide bonds. The van der Waals surface area contributed by atoms with Crippen LogP contribution in [0.2, 0.25) is 5.02 Å². The molecule has 0 aliphatic rings. The van der Waals surface area contributed by atoms with E-state index in [9.17, 15) is 4.79 Å². The van der Waals surface area contributed by atoms with E-state index in [2.05, 4.69) is 11.4 Å². The fraction of sp³-hybridized carbons (Fsp3) is 0.278. The van der Waals surface area contributed by atoms with Crippen LogP contribution in [0.4, 0.5) is 0 Å². The molecule has 0 fully saturated rings. The number of hydrogen-bond donors (Lipinski definition) is 1. The van der Waals surface area contributed by atoms with Crippen LogP contribution in [0.3, 0.4) is 0 Å². The lowest BCUT2D eigenvalue weighted by molar-refractivity contribution is -0.120. The number of ether oxygens (including phenoxy) is 1. The molecule has 0 spiro atoms. The van der Waals surface area contributed by atoms with Gasteiger partial charge in [-0.15, -0.1) is 0 Å². The monoisotopic (exact) mass is 317 g/mol. The summed E-state index contributed by atoms with van der Waals surface area (Å²) in [6.07, 6.45) is 2.17. The Hall–Kier alpha value is -2.00. The summed E-state index contributed by atoms with van der Waals surface area (Å²) in [6.45, 7) is 0.663. The highest BCUT2D eigenvalue weighted by atomic mass is 35.5. The topological polar surface area (TPSA) is 38.3 Å². The Labute approximate surface area is 136 Å². The highest BCUT2D eigenvalue weighted by molar-refractivity contribution is 6.30. The van der Waals surface area contributed by atoms with E-state index in [-0.39, 0.29) is 5.91 Å². The van der Waals surface area contributed by atoms with Crippen molar-refractivity contribution in [2.75, 3.05) is 13.7 Å². The van der Waals surface area contributed by atoms with Crippen molar-refractivity contribution in [3.8, 4) is 5.75 Å². The van der Waals surface area contributed by atoms with Crippen LogP contribution in [0, 0.1) is 0 Å². The molecule has 3 nitrogen and oxygen atoms in total. The summed E-state index contributed by atoms with van der Waals surface area (Å²) >= 11 is 5.91. The van der Waals surface area contributed by atoms with Gasteiger partial charge in [-0.3, -0.25) is 4.79 Å². The van der Waals surface area contributed by atoms with Crippen molar-refractivity contribution >= 4 is 17.5 Å². The molecule has 2 rings (SSSR count). The second-order valence-electron chi connectivity index (χ2n) is 5.11. The molecule has 2 aromatic rings. The number of methoxy groups -OCH3 is 1. The summed E-state index contributed by atoms with van der Waals surface area (Å²) in [6, 6.07) is 15.4. The molecule has 22 heavy (non-hydrogen) atoms. The predicted octanol–water partition coefficient (Wildman–Crippen LogP) is 3.64. The maximum Gasteiger partial charge on any atom is 0.224 e. The van der Waals surface area contributed by atoms with Gasteiger partial charge in [0.1, 0.15) is 5.75 Å². The van der Waals surface area contributed by atoms with Crippen LogP contribution in [-0.2, 0) is 17.6 Å². The Kier molecular flexibility index (Phi) is 6.28. The number of benzene rings is 2. The largest absolute Gasteiger partial charge is 0.497 e. The molecule has 0 radical (unpaired) electrons. The SMILES string of the molecule is COc1cccc(CCCNC(=O)Cc2cccc(Cl)c2)c1. The van der Waals surface area contributed by atoms with Gasteiger partial charge >= 0.3 is 0 Å². The first-order chi connectivity index (χ1) is 10.7. The second kappa shape index (κ2) is 8.44. The highest BCUT2D eigenvalue weighted by Gasteiger charge is 2.03. The molecular formula is C18H20ClNO2. The third-order valence-electron chi connectivity index (χ3n) is 3.35. The minimum absolute atomic E-state index is 0.0212. The minimum atomic E-state index is 0.0212. The number of carbonyl (C=O) groups excluding carboxylic acids is 1. The zero-order valence-electron chi connectivity index (χ0n) is 12.6. The summed E-state index contributed by atoms with van der Waals surface area (Å²) < 4.78 is 5.19. The van der Waals surface area contributed by atoms with Crippen molar-refractivity contribution in [2.45, 2.75) is 19.3 Å². The number of amides is 1. The van der Waals surface area contributed by atoms with Crippen LogP contribution in [0.15, 0.2) is 48.5 Å². The van der Waals surface area contributed by atoms with E-state index in [0.29, 0.717) is 18.0 Å². The van der Waals surface area contributed by atoms with Gasteiger partial charge in [-0.2, -0.15) is 0 Å². The Morgan fingerprint density at radius 3 is 2.68 bits per heavy atom. The first-order valence-corrected chi connectivity index (χ1v) is 7.69. The molecule has 0 heterocycles. The lowest BCUT2D eigenvalue weighted by Gasteiger charge is -2.07. The van der Waals surface area contributed by atoms with Gasteiger partial charge in [0.05, 0.1) is 13.5 Å². The predicted molar refractivity (Wildman–Crippen MR) is 89.5 cm³/mol. The van der Waals surface area contributed by atoms with Gasteiger partial charge < -0.3 is 10.1 Å². The zero-order valence-corrected chi connectivity index (χ0v) is 13.4. The molecular weight excluding hydrogens is 298 g/mol. The molecule has 4 heteroatoms. The van der Waals surface area contributed by atoms with Gasteiger partial charge in [-0.1, -0.05) is 35.9 Å².